The Labute approximate surface area is 167 Å². The first kappa shape index (κ1) is 22.5. The normalized spacial score (nSPS) is 25.3. The maximum Gasteiger partial charge on any atom is 0.407 e. The fourth-order valence-electron chi connectivity index (χ4n) is 3.54. The Morgan fingerprint density at radius 2 is 1.89 bits per heavy atom. The SMILES string of the molecule is CCCNC(=O)[C@@H]1CCCN(C(=O)[C@H]2CC[C@H](CNC(=O)OC(C)(C)C)O2)C1. The van der Waals surface area contributed by atoms with E-state index in [1.165, 1.54) is 0 Å². The highest BCUT2D eigenvalue weighted by Gasteiger charge is 2.36. The van der Waals surface area contributed by atoms with Gasteiger partial charge >= 0.3 is 6.09 Å². The van der Waals surface area contributed by atoms with Crippen LogP contribution in [-0.2, 0) is 19.1 Å². The van der Waals surface area contributed by atoms with Crippen molar-refractivity contribution >= 4 is 17.9 Å². The molecular weight excluding hydrogens is 362 g/mol. The highest BCUT2D eigenvalue weighted by Crippen LogP contribution is 2.24. The van der Waals surface area contributed by atoms with E-state index in [4.69, 9.17) is 9.47 Å². The number of alkyl carbamates (subject to hydrolysis) is 1. The second kappa shape index (κ2) is 10.1. The van der Waals surface area contributed by atoms with E-state index in [1.54, 1.807) is 4.90 Å². The Hall–Kier alpha value is -1.83. The van der Waals surface area contributed by atoms with Gasteiger partial charge in [-0.2, -0.15) is 0 Å². The Morgan fingerprint density at radius 1 is 1.14 bits per heavy atom. The van der Waals surface area contributed by atoms with Crippen LogP contribution in [-0.4, -0.2) is 66.8 Å². The molecule has 28 heavy (non-hydrogen) atoms. The number of likely N-dealkylation sites (tertiary alicyclic amines) is 1. The summed E-state index contributed by atoms with van der Waals surface area (Å²) in [6, 6.07) is 0. The van der Waals surface area contributed by atoms with Crippen molar-refractivity contribution in [1.82, 2.24) is 15.5 Å². The second-order valence-corrected chi connectivity index (χ2v) is 8.62. The first-order chi connectivity index (χ1) is 13.2. The third-order valence-electron chi connectivity index (χ3n) is 4.91. The van der Waals surface area contributed by atoms with E-state index in [0.29, 0.717) is 39.0 Å². The Bertz CT molecular complexity index is 561. The lowest BCUT2D eigenvalue weighted by Crippen LogP contribution is -2.48. The molecule has 0 aromatic heterocycles. The van der Waals surface area contributed by atoms with Crippen molar-refractivity contribution in [1.29, 1.82) is 0 Å². The lowest BCUT2D eigenvalue weighted by atomic mass is 9.96. The van der Waals surface area contributed by atoms with E-state index in [0.717, 1.165) is 19.3 Å². The van der Waals surface area contributed by atoms with Crippen molar-refractivity contribution in [2.75, 3.05) is 26.2 Å². The minimum absolute atomic E-state index is 0.0335. The van der Waals surface area contributed by atoms with Gasteiger partial charge in [-0.3, -0.25) is 9.59 Å². The average molecular weight is 398 g/mol. The summed E-state index contributed by atoms with van der Waals surface area (Å²) in [7, 11) is 0. The number of piperidine rings is 1. The number of carbonyl (C=O) groups excluding carboxylic acids is 3. The molecule has 2 fully saturated rings. The summed E-state index contributed by atoms with van der Waals surface area (Å²) in [4.78, 5) is 38.5. The van der Waals surface area contributed by atoms with Crippen LogP contribution in [0.2, 0.25) is 0 Å². The highest BCUT2D eigenvalue weighted by atomic mass is 16.6. The second-order valence-electron chi connectivity index (χ2n) is 8.62. The lowest BCUT2D eigenvalue weighted by Gasteiger charge is -2.33. The van der Waals surface area contributed by atoms with Crippen LogP contribution in [0.15, 0.2) is 0 Å². The average Bonchev–Trinajstić information content (AvgIpc) is 3.11. The quantitative estimate of drug-likeness (QED) is 0.713. The number of carbonyl (C=O) groups is 3. The van der Waals surface area contributed by atoms with Crippen LogP contribution in [0.5, 0.6) is 0 Å². The molecule has 3 atom stereocenters. The van der Waals surface area contributed by atoms with Gasteiger partial charge in [0, 0.05) is 26.2 Å². The van der Waals surface area contributed by atoms with E-state index < -0.39 is 17.8 Å². The van der Waals surface area contributed by atoms with Gasteiger partial charge in [-0.05, 0) is 52.9 Å². The molecule has 3 amide bonds. The summed E-state index contributed by atoms with van der Waals surface area (Å²) in [5, 5.41) is 5.62. The van der Waals surface area contributed by atoms with Crippen LogP contribution < -0.4 is 10.6 Å². The Morgan fingerprint density at radius 3 is 2.57 bits per heavy atom. The van der Waals surface area contributed by atoms with Crippen LogP contribution >= 0.6 is 0 Å². The molecule has 160 valence electrons. The monoisotopic (exact) mass is 397 g/mol. The summed E-state index contributed by atoms with van der Waals surface area (Å²) in [6.07, 6.45) is 2.69. The number of nitrogens with one attached hydrogen (secondary N) is 2. The number of nitrogens with zero attached hydrogens (tertiary/aromatic N) is 1. The van der Waals surface area contributed by atoms with Crippen LogP contribution in [0.1, 0.15) is 59.8 Å². The maximum absolute atomic E-state index is 12.8. The fourth-order valence-corrected chi connectivity index (χ4v) is 3.54. The molecule has 2 saturated heterocycles. The van der Waals surface area contributed by atoms with Crippen LogP contribution in [0, 0.1) is 5.92 Å². The Balaban J connectivity index is 1.77. The molecule has 8 heteroatoms. The summed E-state index contributed by atoms with van der Waals surface area (Å²) in [5.41, 5.74) is -0.548. The smallest absolute Gasteiger partial charge is 0.407 e. The zero-order valence-electron chi connectivity index (χ0n) is 17.6. The molecule has 0 unspecified atom stereocenters. The molecule has 0 aromatic rings. The van der Waals surface area contributed by atoms with E-state index in [2.05, 4.69) is 10.6 Å². The minimum atomic E-state index is -0.548. The third-order valence-corrected chi connectivity index (χ3v) is 4.91. The van der Waals surface area contributed by atoms with E-state index in [-0.39, 0.29) is 23.8 Å². The van der Waals surface area contributed by atoms with Gasteiger partial charge in [0.2, 0.25) is 5.91 Å². The molecule has 2 aliphatic heterocycles. The van der Waals surface area contributed by atoms with Gasteiger partial charge in [0.05, 0.1) is 12.0 Å². The van der Waals surface area contributed by atoms with Crippen LogP contribution in [0.4, 0.5) is 4.79 Å². The van der Waals surface area contributed by atoms with Crippen molar-refractivity contribution in [3.8, 4) is 0 Å². The number of rotatable bonds is 6. The van der Waals surface area contributed by atoms with Crippen molar-refractivity contribution in [2.24, 2.45) is 5.92 Å². The lowest BCUT2D eigenvalue weighted by molar-refractivity contribution is -0.145. The van der Waals surface area contributed by atoms with Crippen molar-refractivity contribution in [3.05, 3.63) is 0 Å². The van der Waals surface area contributed by atoms with Crippen molar-refractivity contribution in [2.45, 2.75) is 77.6 Å². The van der Waals surface area contributed by atoms with E-state index in [1.807, 2.05) is 27.7 Å². The van der Waals surface area contributed by atoms with Crippen LogP contribution in [0.3, 0.4) is 0 Å². The summed E-state index contributed by atoms with van der Waals surface area (Å²) in [6.45, 7) is 9.54. The van der Waals surface area contributed by atoms with E-state index >= 15 is 0 Å². The Kier molecular flexibility index (Phi) is 8.10. The van der Waals surface area contributed by atoms with Crippen molar-refractivity contribution < 1.29 is 23.9 Å². The molecule has 8 nitrogen and oxygen atoms in total. The number of hydrogen-bond acceptors (Lipinski definition) is 5. The predicted molar refractivity (Wildman–Crippen MR) is 105 cm³/mol. The summed E-state index contributed by atoms with van der Waals surface area (Å²) < 4.78 is 11.1. The van der Waals surface area contributed by atoms with Crippen molar-refractivity contribution in [3.63, 3.8) is 0 Å². The molecular formula is C20H35N3O5. The minimum Gasteiger partial charge on any atom is -0.444 e. The molecule has 2 rings (SSSR count). The molecule has 0 radical (unpaired) electrons. The summed E-state index contributed by atoms with van der Waals surface area (Å²) >= 11 is 0. The fraction of sp³-hybridized carbons (Fsp3) is 0.850. The van der Waals surface area contributed by atoms with Gasteiger partial charge in [0.25, 0.3) is 5.91 Å². The van der Waals surface area contributed by atoms with Gasteiger partial charge in [-0.15, -0.1) is 0 Å². The first-order valence-electron chi connectivity index (χ1n) is 10.4. The first-order valence-corrected chi connectivity index (χ1v) is 10.4. The largest absolute Gasteiger partial charge is 0.444 e. The maximum atomic E-state index is 12.8. The number of hydrogen-bond donors (Lipinski definition) is 2. The standard InChI is InChI=1S/C20H35N3O5/c1-5-10-21-17(24)14-7-6-11-23(13-14)18(25)16-9-8-15(27-16)12-22-19(26)28-20(2,3)4/h14-16H,5-13H2,1-4H3,(H,21,24)(H,22,26)/t14-,15-,16-/m1/s1. The molecule has 0 saturated carbocycles. The zero-order chi connectivity index (χ0) is 20.7. The van der Waals surface area contributed by atoms with Gasteiger partial charge in [-0.25, -0.2) is 4.79 Å². The number of amides is 3. The predicted octanol–water partition coefficient (Wildman–Crippen LogP) is 1.82. The van der Waals surface area contributed by atoms with E-state index in [9.17, 15) is 14.4 Å². The third kappa shape index (κ3) is 6.96. The molecule has 0 aromatic carbocycles. The van der Waals surface area contributed by atoms with Crippen LogP contribution in [0.25, 0.3) is 0 Å². The molecule has 0 spiro atoms. The zero-order valence-corrected chi connectivity index (χ0v) is 17.6. The molecule has 2 heterocycles. The molecule has 2 aliphatic rings. The highest BCUT2D eigenvalue weighted by molar-refractivity contribution is 5.83. The molecule has 0 bridgehead atoms. The molecule has 2 N–H and O–H groups in total. The van der Waals surface area contributed by atoms with Gasteiger partial charge in [-0.1, -0.05) is 6.92 Å². The summed E-state index contributed by atoms with van der Waals surface area (Å²) in [5.74, 6) is -0.158. The topological polar surface area (TPSA) is 97.0 Å². The van der Waals surface area contributed by atoms with Gasteiger partial charge in [0.1, 0.15) is 11.7 Å². The van der Waals surface area contributed by atoms with Gasteiger partial charge in [0.15, 0.2) is 0 Å². The molecule has 0 aliphatic carbocycles. The number of ether oxygens (including phenoxy) is 2. The van der Waals surface area contributed by atoms with Gasteiger partial charge < -0.3 is 25.0 Å².